The summed E-state index contributed by atoms with van der Waals surface area (Å²) in [7, 11) is 0. The molecule has 0 saturated heterocycles. The van der Waals surface area contributed by atoms with Gasteiger partial charge in [-0.2, -0.15) is 0 Å². The normalized spacial score (nSPS) is 11.1. The van der Waals surface area contributed by atoms with Gasteiger partial charge in [0.15, 0.2) is 0 Å². The Labute approximate surface area is 147 Å². The third-order valence-corrected chi connectivity index (χ3v) is 3.78. The molecule has 0 N–H and O–H groups in total. The van der Waals surface area contributed by atoms with Gasteiger partial charge in [0.1, 0.15) is 11.5 Å². The molecular formula is C16H11Cl3O4. The average Bonchev–Trinajstić information content (AvgIpc) is 2.50. The molecule has 2 aromatic carbocycles. The Morgan fingerprint density at radius 1 is 0.739 bits per heavy atom. The molecule has 7 heteroatoms. The molecule has 0 aliphatic rings. The maximum atomic E-state index is 10.3. The Morgan fingerprint density at radius 3 is 1.35 bits per heavy atom. The van der Waals surface area contributed by atoms with E-state index in [1.165, 1.54) is 0 Å². The predicted octanol–water partition coefficient (Wildman–Crippen LogP) is 4.26. The van der Waals surface area contributed by atoms with Gasteiger partial charge in [0, 0.05) is 0 Å². The van der Waals surface area contributed by atoms with Crippen molar-refractivity contribution in [1.82, 2.24) is 0 Å². The maximum Gasteiger partial charge on any atom is 0.298 e. The SMILES string of the molecule is O=COc1ccc(C(c2ccc(OC=O)cc2)C(Cl)(Cl)Cl)cc1. The van der Waals surface area contributed by atoms with E-state index in [0.717, 1.165) is 11.1 Å². The van der Waals surface area contributed by atoms with Crippen molar-refractivity contribution in [1.29, 1.82) is 0 Å². The van der Waals surface area contributed by atoms with Crippen molar-refractivity contribution in [3.05, 3.63) is 59.7 Å². The Bertz CT molecular complexity index is 610. The third kappa shape index (κ3) is 4.61. The van der Waals surface area contributed by atoms with Crippen LogP contribution < -0.4 is 9.47 Å². The lowest BCUT2D eigenvalue weighted by Gasteiger charge is -2.25. The van der Waals surface area contributed by atoms with Crippen LogP contribution in [0.3, 0.4) is 0 Å². The fourth-order valence-corrected chi connectivity index (χ4v) is 2.92. The molecule has 0 fully saturated rings. The van der Waals surface area contributed by atoms with Crippen LogP contribution in [0.4, 0.5) is 0 Å². The smallest absolute Gasteiger partial charge is 0.298 e. The van der Waals surface area contributed by atoms with E-state index >= 15 is 0 Å². The number of alkyl halides is 3. The zero-order chi connectivity index (χ0) is 16.9. The van der Waals surface area contributed by atoms with Crippen molar-refractivity contribution in [2.75, 3.05) is 0 Å². The highest BCUT2D eigenvalue weighted by molar-refractivity contribution is 6.68. The van der Waals surface area contributed by atoms with Gasteiger partial charge < -0.3 is 9.47 Å². The highest BCUT2D eigenvalue weighted by atomic mass is 35.6. The number of ether oxygens (including phenoxy) is 2. The Morgan fingerprint density at radius 2 is 1.09 bits per heavy atom. The van der Waals surface area contributed by atoms with E-state index in [9.17, 15) is 9.59 Å². The van der Waals surface area contributed by atoms with E-state index in [1.807, 2.05) is 0 Å². The summed E-state index contributed by atoms with van der Waals surface area (Å²) in [6.07, 6.45) is 0. The first-order valence-corrected chi connectivity index (χ1v) is 7.56. The highest BCUT2D eigenvalue weighted by Crippen LogP contribution is 2.46. The minimum Gasteiger partial charge on any atom is -0.429 e. The third-order valence-electron chi connectivity index (χ3n) is 3.12. The van der Waals surface area contributed by atoms with Gasteiger partial charge in [-0.15, -0.1) is 0 Å². The van der Waals surface area contributed by atoms with Gasteiger partial charge in [-0.25, -0.2) is 0 Å². The molecule has 2 rings (SSSR count). The van der Waals surface area contributed by atoms with Gasteiger partial charge in [-0.1, -0.05) is 59.1 Å². The number of hydrogen-bond donors (Lipinski definition) is 0. The average molecular weight is 374 g/mol. The van der Waals surface area contributed by atoms with Gasteiger partial charge in [0.05, 0.1) is 5.92 Å². The van der Waals surface area contributed by atoms with Gasteiger partial charge >= 0.3 is 0 Å². The second-order valence-electron chi connectivity index (χ2n) is 4.54. The summed E-state index contributed by atoms with van der Waals surface area (Å²) in [6.45, 7) is 0.681. The predicted molar refractivity (Wildman–Crippen MR) is 88.4 cm³/mol. The zero-order valence-electron chi connectivity index (χ0n) is 11.6. The summed E-state index contributed by atoms with van der Waals surface area (Å²) in [5.74, 6) is 0.228. The van der Waals surface area contributed by atoms with Gasteiger partial charge in [0.25, 0.3) is 12.9 Å². The molecule has 0 spiro atoms. The molecule has 4 nitrogen and oxygen atoms in total. The van der Waals surface area contributed by atoms with Crippen molar-refractivity contribution < 1.29 is 19.1 Å². The molecule has 0 atom stereocenters. The van der Waals surface area contributed by atoms with E-state index in [-0.39, 0.29) is 0 Å². The second-order valence-corrected chi connectivity index (χ2v) is 6.91. The van der Waals surface area contributed by atoms with Gasteiger partial charge in [0.2, 0.25) is 3.79 Å². The van der Waals surface area contributed by atoms with Crippen LogP contribution in [-0.4, -0.2) is 16.7 Å². The largest absolute Gasteiger partial charge is 0.429 e. The molecule has 0 amide bonds. The fraction of sp³-hybridized carbons (Fsp3) is 0.125. The van der Waals surface area contributed by atoms with E-state index in [4.69, 9.17) is 44.3 Å². The summed E-state index contributed by atoms with van der Waals surface area (Å²) in [5, 5.41) is 0. The molecule has 2 aromatic rings. The summed E-state index contributed by atoms with van der Waals surface area (Å²) in [5.41, 5.74) is 1.46. The minimum absolute atomic E-state index is 0.340. The van der Waals surface area contributed by atoms with Crippen molar-refractivity contribution in [3.8, 4) is 11.5 Å². The molecule has 0 aromatic heterocycles. The first-order chi connectivity index (χ1) is 11.0. The zero-order valence-corrected chi connectivity index (χ0v) is 13.9. The molecule has 0 aliphatic carbocycles. The summed E-state index contributed by atoms with van der Waals surface area (Å²) in [6, 6.07) is 13.3. The first-order valence-electron chi connectivity index (χ1n) is 6.43. The van der Waals surface area contributed by atoms with Crippen LogP contribution in [0.25, 0.3) is 0 Å². The Kier molecular flexibility index (Phi) is 5.88. The number of benzene rings is 2. The standard InChI is InChI=1S/C16H11Cl3O4/c17-16(18,19)15(11-1-5-13(6-2-11)22-9-20)12-3-7-14(8-4-12)23-10-21/h1-10,15H. The van der Waals surface area contributed by atoms with E-state index < -0.39 is 9.71 Å². The summed E-state index contributed by atoms with van der Waals surface area (Å²) < 4.78 is 7.89. The van der Waals surface area contributed by atoms with Crippen molar-refractivity contribution >= 4 is 47.7 Å². The Balaban J connectivity index is 2.37. The van der Waals surface area contributed by atoms with Crippen LogP contribution in [0.2, 0.25) is 0 Å². The lowest BCUT2D eigenvalue weighted by Crippen LogP contribution is -2.18. The fourth-order valence-electron chi connectivity index (χ4n) is 2.16. The molecule has 120 valence electrons. The Hall–Kier alpha value is -1.75. The molecule has 0 saturated carbocycles. The molecule has 0 unspecified atom stereocenters. The number of halogens is 3. The number of carbonyl (C=O) groups excluding carboxylic acids is 2. The monoisotopic (exact) mass is 372 g/mol. The van der Waals surface area contributed by atoms with E-state index in [2.05, 4.69) is 0 Å². The summed E-state index contributed by atoms with van der Waals surface area (Å²) in [4.78, 5) is 20.7. The quantitative estimate of drug-likeness (QED) is 0.561. The van der Waals surface area contributed by atoms with Crippen LogP contribution in [0.5, 0.6) is 11.5 Å². The molecule has 0 bridgehead atoms. The lowest BCUT2D eigenvalue weighted by molar-refractivity contribution is -0.121. The lowest BCUT2D eigenvalue weighted by atomic mass is 9.92. The summed E-state index contributed by atoms with van der Waals surface area (Å²) >= 11 is 18.4. The highest BCUT2D eigenvalue weighted by Gasteiger charge is 2.35. The number of hydrogen-bond acceptors (Lipinski definition) is 4. The van der Waals surface area contributed by atoms with E-state index in [0.29, 0.717) is 24.4 Å². The molecular weight excluding hydrogens is 363 g/mol. The number of carbonyl (C=O) groups is 2. The maximum absolute atomic E-state index is 10.3. The van der Waals surface area contributed by atoms with Crippen molar-refractivity contribution in [2.45, 2.75) is 9.71 Å². The van der Waals surface area contributed by atoms with Crippen molar-refractivity contribution in [3.63, 3.8) is 0 Å². The minimum atomic E-state index is -1.60. The van der Waals surface area contributed by atoms with Crippen LogP contribution in [0.1, 0.15) is 17.0 Å². The van der Waals surface area contributed by atoms with Crippen LogP contribution in [0.15, 0.2) is 48.5 Å². The van der Waals surface area contributed by atoms with Crippen LogP contribution >= 0.6 is 34.8 Å². The van der Waals surface area contributed by atoms with Crippen LogP contribution in [0, 0.1) is 0 Å². The number of rotatable bonds is 6. The van der Waals surface area contributed by atoms with Gasteiger partial charge in [-0.05, 0) is 35.4 Å². The molecule has 23 heavy (non-hydrogen) atoms. The topological polar surface area (TPSA) is 52.6 Å². The van der Waals surface area contributed by atoms with Crippen molar-refractivity contribution in [2.24, 2.45) is 0 Å². The molecule has 0 heterocycles. The molecule has 0 aliphatic heterocycles. The van der Waals surface area contributed by atoms with Gasteiger partial charge in [-0.3, -0.25) is 9.59 Å². The van der Waals surface area contributed by atoms with E-state index in [1.54, 1.807) is 48.5 Å². The molecule has 0 radical (unpaired) electrons. The van der Waals surface area contributed by atoms with Crippen LogP contribution in [-0.2, 0) is 9.59 Å². The second kappa shape index (κ2) is 7.68. The first kappa shape index (κ1) is 17.6.